The molecule has 1 saturated heterocycles. The minimum atomic E-state index is -0.353. The average Bonchev–Trinajstić information content (AvgIpc) is 3.33. The molecule has 1 fully saturated rings. The van der Waals surface area contributed by atoms with Crippen LogP contribution in [0.3, 0.4) is 0 Å². The van der Waals surface area contributed by atoms with Crippen LogP contribution in [-0.2, 0) is 16.1 Å². The highest BCUT2D eigenvalue weighted by molar-refractivity contribution is 7.14. The van der Waals surface area contributed by atoms with Gasteiger partial charge in [-0.1, -0.05) is 41.7 Å². The Bertz CT molecular complexity index is 742. The lowest BCUT2D eigenvalue weighted by molar-refractivity contribution is -0.119. The molecule has 1 unspecified atom stereocenters. The van der Waals surface area contributed by atoms with Gasteiger partial charge in [0.2, 0.25) is 0 Å². The van der Waals surface area contributed by atoms with Crippen molar-refractivity contribution in [3.8, 4) is 10.6 Å². The zero-order chi connectivity index (χ0) is 17.6. The summed E-state index contributed by atoms with van der Waals surface area (Å²) < 4.78 is 5.29. The number of nitrogens with zero attached hydrogens (tertiary/aromatic N) is 3. The van der Waals surface area contributed by atoms with Crippen molar-refractivity contribution in [3.63, 3.8) is 0 Å². The summed E-state index contributed by atoms with van der Waals surface area (Å²) in [5, 5.41) is 13.9. The standard InChI is InChI=1S/C16H20N6O2S/c17-8-13(22(18)12-6-7-24-10-12)15(23)19-9-14-20-21-16(25-14)11-4-2-1-3-5-11/h1-5,8,12H,6-7,9-10,17-18H2,(H,19,23)/b13-8-. The van der Waals surface area contributed by atoms with Crippen LogP contribution in [0.25, 0.3) is 10.6 Å². The van der Waals surface area contributed by atoms with Crippen LogP contribution in [0, 0.1) is 0 Å². The molecule has 132 valence electrons. The molecule has 2 aromatic rings. The lowest BCUT2D eigenvalue weighted by atomic mass is 10.2. The van der Waals surface area contributed by atoms with Crippen molar-refractivity contribution in [2.75, 3.05) is 13.2 Å². The molecule has 0 bridgehead atoms. The highest BCUT2D eigenvalue weighted by atomic mass is 32.1. The van der Waals surface area contributed by atoms with E-state index < -0.39 is 0 Å². The van der Waals surface area contributed by atoms with Crippen LogP contribution in [0.2, 0.25) is 0 Å². The molecule has 25 heavy (non-hydrogen) atoms. The van der Waals surface area contributed by atoms with E-state index >= 15 is 0 Å². The van der Waals surface area contributed by atoms with Crippen molar-refractivity contribution < 1.29 is 9.53 Å². The monoisotopic (exact) mass is 360 g/mol. The van der Waals surface area contributed by atoms with E-state index in [4.69, 9.17) is 16.3 Å². The van der Waals surface area contributed by atoms with Gasteiger partial charge in [-0.05, 0) is 6.42 Å². The van der Waals surface area contributed by atoms with E-state index in [-0.39, 0.29) is 24.2 Å². The summed E-state index contributed by atoms with van der Waals surface area (Å²) in [5.74, 6) is 5.65. The Morgan fingerprint density at radius 2 is 2.20 bits per heavy atom. The molecular weight excluding hydrogens is 340 g/mol. The first-order chi connectivity index (χ1) is 12.2. The molecular formula is C16H20N6O2S. The molecule has 3 rings (SSSR count). The molecule has 1 atom stereocenters. The highest BCUT2D eigenvalue weighted by Crippen LogP contribution is 2.23. The third-order valence-electron chi connectivity index (χ3n) is 3.86. The largest absolute Gasteiger partial charge is 0.403 e. The third-order valence-corrected chi connectivity index (χ3v) is 4.83. The predicted molar refractivity (Wildman–Crippen MR) is 94.7 cm³/mol. The summed E-state index contributed by atoms with van der Waals surface area (Å²) >= 11 is 1.43. The zero-order valence-corrected chi connectivity index (χ0v) is 14.4. The van der Waals surface area contributed by atoms with E-state index in [0.29, 0.717) is 18.2 Å². The maximum Gasteiger partial charge on any atom is 0.270 e. The first kappa shape index (κ1) is 17.3. The normalized spacial score (nSPS) is 17.5. The van der Waals surface area contributed by atoms with Crippen LogP contribution in [-0.4, -0.2) is 40.4 Å². The van der Waals surface area contributed by atoms with Gasteiger partial charge in [-0.15, -0.1) is 10.2 Å². The average molecular weight is 360 g/mol. The minimum absolute atomic E-state index is 0.0493. The summed E-state index contributed by atoms with van der Waals surface area (Å²) in [6, 6.07) is 9.72. The van der Waals surface area contributed by atoms with E-state index in [0.717, 1.165) is 17.0 Å². The fourth-order valence-corrected chi connectivity index (χ4v) is 3.27. The van der Waals surface area contributed by atoms with Gasteiger partial charge in [0.15, 0.2) is 0 Å². The minimum Gasteiger partial charge on any atom is -0.403 e. The molecule has 9 heteroatoms. The zero-order valence-electron chi connectivity index (χ0n) is 13.6. The molecule has 5 N–H and O–H groups in total. The lowest BCUT2D eigenvalue weighted by Gasteiger charge is -2.25. The second kappa shape index (κ2) is 8.06. The van der Waals surface area contributed by atoms with Crippen molar-refractivity contribution in [1.29, 1.82) is 0 Å². The Morgan fingerprint density at radius 3 is 2.88 bits per heavy atom. The second-order valence-corrected chi connectivity index (χ2v) is 6.59. The van der Waals surface area contributed by atoms with Crippen LogP contribution >= 0.6 is 11.3 Å². The van der Waals surface area contributed by atoms with Crippen LogP contribution in [0.5, 0.6) is 0 Å². The number of nitrogens with two attached hydrogens (primary N) is 2. The molecule has 0 spiro atoms. The Morgan fingerprint density at radius 1 is 1.40 bits per heavy atom. The number of rotatable bonds is 6. The maximum atomic E-state index is 12.4. The predicted octanol–water partition coefficient (Wildman–Crippen LogP) is 0.586. The summed E-state index contributed by atoms with van der Waals surface area (Å²) in [7, 11) is 0. The number of hydrazine groups is 1. The molecule has 2 heterocycles. The van der Waals surface area contributed by atoms with Crippen molar-refractivity contribution in [2.24, 2.45) is 11.6 Å². The van der Waals surface area contributed by atoms with E-state index in [9.17, 15) is 4.79 Å². The molecule has 0 radical (unpaired) electrons. The van der Waals surface area contributed by atoms with Crippen LogP contribution in [0.1, 0.15) is 11.4 Å². The van der Waals surface area contributed by atoms with Gasteiger partial charge in [0.25, 0.3) is 5.91 Å². The van der Waals surface area contributed by atoms with Crippen molar-refractivity contribution in [2.45, 2.75) is 19.0 Å². The van der Waals surface area contributed by atoms with Crippen molar-refractivity contribution in [3.05, 3.63) is 47.2 Å². The van der Waals surface area contributed by atoms with E-state index in [2.05, 4.69) is 15.5 Å². The number of carbonyl (C=O) groups is 1. The number of nitrogens with one attached hydrogen (secondary N) is 1. The smallest absolute Gasteiger partial charge is 0.270 e. The Balaban J connectivity index is 1.59. The summed E-state index contributed by atoms with van der Waals surface area (Å²) in [5.41, 5.74) is 6.79. The van der Waals surface area contributed by atoms with Gasteiger partial charge in [0.1, 0.15) is 15.7 Å². The van der Waals surface area contributed by atoms with Gasteiger partial charge < -0.3 is 15.8 Å². The molecule has 1 aliphatic rings. The fourth-order valence-electron chi connectivity index (χ4n) is 2.49. The Kier molecular flexibility index (Phi) is 5.59. The van der Waals surface area contributed by atoms with Crippen LogP contribution < -0.4 is 16.9 Å². The molecule has 1 aromatic heterocycles. The second-order valence-electron chi connectivity index (χ2n) is 5.53. The molecule has 0 saturated carbocycles. The van der Waals surface area contributed by atoms with Gasteiger partial charge in [0.05, 0.1) is 19.2 Å². The molecule has 1 aliphatic heterocycles. The summed E-state index contributed by atoms with van der Waals surface area (Å²) in [6.45, 7) is 1.37. The van der Waals surface area contributed by atoms with Gasteiger partial charge in [-0.2, -0.15) is 0 Å². The number of aromatic nitrogens is 2. The molecule has 1 aromatic carbocycles. The molecule has 0 aliphatic carbocycles. The fraction of sp³-hybridized carbons (Fsp3) is 0.312. The van der Waals surface area contributed by atoms with Gasteiger partial charge in [-0.3, -0.25) is 9.80 Å². The molecule has 1 amide bonds. The maximum absolute atomic E-state index is 12.4. The van der Waals surface area contributed by atoms with Crippen LogP contribution in [0.4, 0.5) is 0 Å². The Hall–Kier alpha value is -2.49. The number of carbonyl (C=O) groups excluding carboxylic acids is 1. The van der Waals surface area contributed by atoms with Gasteiger partial charge in [0, 0.05) is 18.4 Å². The molecule has 8 nitrogen and oxygen atoms in total. The number of amides is 1. The highest BCUT2D eigenvalue weighted by Gasteiger charge is 2.26. The van der Waals surface area contributed by atoms with Gasteiger partial charge in [-0.25, -0.2) is 5.84 Å². The summed E-state index contributed by atoms with van der Waals surface area (Å²) in [6.07, 6.45) is 1.97. The lowest BCUT2D eigenvalue weighted by Crippen LogP contribution is -2.46. The summed E-state index contributed by atoms with van der Waals surface area (Å²) in [4.78, 5) is 12.4. The first-order valence-corrected chi connectivity index (χ1v) is 8.70. The van der Waals surface area contributed by atoms with Crippen LogP contribution in [0.15, 0.2) is 42.2 Å². The van der Waals surface area contributed by atoms with E-state index in [1.807, 2.05) is 30.3 Å². The van der Waals surface area contributed by atoms with E-state index in [1.54, 1.807) is 0 Å². The number of hydrogen-bond donors (Lipinski definition) is 3. The quantitative estimate of drug-likeness (QED) is 0.392. The first-order valence-electron chi connectivity index (χ1n) is 7.88. The third kappa shape index (κ3) is 4.13. The van der Waals surface area contributed by atoms with Crippen molar-refractivity contribution >= 4 is 17.2 Å². The van der Waals surface area contributed by atoms with Gasteiger partial charge >= 0.3 is 0 Å². The Labute approximate surface area is 149 Å². The SMILES string of the molecule is N/C=C(/C(=O)NCc1nnc(-c2ccccc2)s1)N(N)C1CCOC1. The number of ether oxygens (including phenoxy) is 1. The topological polar surface area (TPSA) is 119 Å². The number of hydrogen-bond acceptors (Lipinski definition) is 8. The van der Waals surface area contributed by atoms with Crippen molar-refractivity contribution in [1.82, 2.24) is 20.5 Å². The van der Waals surface area contributed by atoms with E-state index in [1.165, 1.54) is 22.5 Å². The number of benzene rings is 1.